The molecule has 2 N–H and O–H groups in total. The molecule has 7 nitrogen and oxygen atoms in total. The van der Waals surface area contributed by atoms with Crippen LogP contribution in [0.25, 0.3) is 6.08 Å². The minimum Gasteiger partial charge on any atom is -0.481 e. The molecular formula is C15H13NO6. The molecule has 1 aliphatic heterocycles. The number of ether oxygens (including phenoxy) is 1. The molecule has 0 unspecified atom stereocenters. The Morgan fingerprint density at radius 3 is 2.09 bits per heavy atom. The summed E-state index contributed by atoms with van der Waals surface area (Å²) in [5, 5.41) is 17.7. The predicted octanol–water partition coefficient (Wildman–Crippen LogP) is 1.26. The summed E-state index contributed by atoms with van der Waals surface area (Å²) < 4.78 is 4.79. The minimum absolute atomic E-state index is 0.0891. The number of carboxylic acid groups (broad SMARTS) is 2. The van der Waals surface area contributed by atoms with Gasteiger partial charge in [0.2, 0.25) is 0 Å². The monoisotopic (exact) mass is 303 g/mol. The highest BCUT2D eigenvalue weighted by Gasteiger charge is 2.19. The van der Waals surface area contributed by atoms with Crippen LogP contribution in [0.2, 0.25) is 0 Å². The highest BCUT2D eigenvalue weighted by Crippen LogP contribution is 2.19. The molecule has 0 saturated carbocycles. The van der Waals surface area contributed by atoms with E-state index in [0.717, 1.165) is 0 Å². The number of carbonyl (C=O) groups is 3. The number of esters is 1. The van der Waals surface area contributed by atoms with Crippen molar-refractivity contribution >= 4 is 29.9 Å². The van der Waals surface area contributed by atoms with Crippen molar-refractivity contribution in [3.8, 4) is 0 Å². The molecule has 0 aliphatic carbocycles. The number of aliphatic carboxylic acids is 2. The lowest BCUT2D eigenvalue weighted by atomic mass is 10.0. The molecule has 22 heavy (non-hydrogen) atoms. The van der Waals surface area contributed by atoms with Gasteiger partial charge in [-0.25, -0.2) is 9.79 Å². The van der Waals surface area contributed by atoms with Crippen molar-refractivity contribution in [2.75, 3.05) is 0 Å². The van der Waals surface area contributed by atoms with Crippen LogP contribution >= 0.6 is 0 Å². The lowest BCUT2D eigenvalue weighted by Crippen LogP contribution is -2.05. The van der Waals surface area contributed by atoms with Crippen LogP contribution in [0.4, 0.5) is 0 Å². The normalized spacial score (nSPS) is 15.6. The molecule has 1 aromatic rings. The number of nitrogens with zero attached hydrogens (tertiary/aromatic N) is 1. The van der Waals surface area contributed by atoms with Crippen molar-refractivity contribution in [2.24, 2.45) is 4.99 Å². The Morgan fingerprint density at radius 2 is 1.68 bits per heavy atom. The fraction of sp³-hybridized carbons (Fsp3) is 0.200. The number of rotatable bonds is 5. The SMILES string of the molecule is CC1=N/C(=C\c2cc(CC(=O)O)cc(CC(=O)O)c2)C(=O)O1. The van der Waals surface area contributed by atoms with Crippen LogP contribution in [-0.4, -0.2) is 34.0 Å². The third-order valence-electron chi connectivity index (χ3n) is 2.82. The van der Waals surface area contributed by atoms with E-state index in [1.54, 1.807) is 12.1 Å². The fourth-order valence-corrected chi connectivity index (χ4v) is 2.10. The van der Waals surface area contributed by atoms with E-state index in [-0.39, 0.29) is 24.4 Å². The summed E-state index contributed by atoms with van der Waals surface area (Å²) in [6.45, 7) is 1.54. The molecule has 2 rings (SSSR count). The van der Waals surface area contributed by atoms with Crippen LogP contribution in [-0.2, 0) is 32.0 Å². The van der Waals surface area contributed by atoms with Crippen LogP contribution < -0.4 is 0 Å². The Hall–Kier alpha value is -2.96. The van der Waals surface area contributed by atoms with E-state index in [1.807, 2.05) is 0 Å². The quantitative estimate of drug-likeness (QED) is 0.625. The van der Waals surface area contributed by atoms with E-state index in [0.29, 0.717) is 16.7 Å². The second-order valence-corrected chi connectivity index (χ2v) is 4.77. The zero-order chi connectivity index (χ0) is 16.3. The van der Waals surface area contributed by atoms with Crippen molar-refractivity contribution in [3.63, 3.8) is 0 Å². The van der Waals surface area contributed by atoms with Gasteiger partial charge in [0.15, 0.2) is 11.6 Å². The largest absolute Gasteiger partial charge is 0.481 e. The van der Waals surface area contributed by atoms with E-state index < -0.39 is 17.9 Å². The molecule has 0 spiro atoms. The van der Waals surface area contributed by atoms with Gasteiger partial charge in [0.25, 0.3) is 0 Å². The highest BCUT2D eigenvalue weighted by atomic mass is 16.6. The third-order valence-corrected chi connectivity index (χ3v) is 2.82. The van der Waals surface area contributed by atoms with Gasteiger partial charge < -0.3 is 14.9 Å². The number of aliphatic imine (C=N–C) groups is 1. The molecule has 114 valence electrons. The summed E-state index contributed by atoms with van der Waals surface area (Å²) in [4.78, 5) is 37.1. The Bertz CT molecular complexity index is 682. The molecule has 1 aromatic carbocycles. The zero-order valence-corrected chi connectivity index (χ0v) is 11.7. The molecule has 1 aliphatic rings. The van der Waals surface area contributed by atoms with Crippen molar-refractivity contribution < 1.29 is 29.3 Å². The van der Waals surface area contributed by atoms with E-state index in [1.165, 1.54) is 19.1 Å². The summed E-state index contributed by atoms with van der Waals surface area (Å²) in [6.07, 6.45) is 0.961. The van der Waals surface area contributed by atoms with Gasteiger partial charge in [-0.3, -0.25) is 9.59 Å². The first-order valence-corrected chi connectivity index (χ1v) is 6.39. The molecule has 0 fully saturated rings. The van der Waals surface area contributed by atoms with Crippen LogP contribution in [0.5, 0.6) is 0 Å². The summed E-state index contributed by atoms with van der Waals surface area (Å²) in [7, 11) is 0. The number of hydrogen-bond acceptors (Lipinski definition) is 5. The number of hydrogen-bond donors (Lipinski definition) is 2. The molecule has 0 saturated heterocycles. The van der Waals surface area contributed by atoms with E-state index in [4.69, 9.17) is 14.9 Å². The zero-order valence-electron chi connectivity index (χ0n) is 11.7. The van der Waals surface area contributed by atoms with Gasteiger partial charge in [-0.2, -0.15) is 0 Å². The first kappa shape index (κ1) is 15.4. The Kier molecular flexibility index (Phi) is 4.36. The van der Waals surface area contributed by atoms with Gasteiger partial charge in [-0.15, -0.1) is 0 Å². The van der Waals surface area contributed by atoms with Gasteiger partial charge >= 0.3 is 17.9 Å². The van der Waals surface area contributed by atoms with Crippen LogP contribution in [0.1, 0.15) is 23.6 Å². The lowest BCUT2D eigenvalue weighted by molar-refractivity contribution is -0.137. The van der Waals surface area contributed by atoms with E-state index in [2.05, 4.69) is 4.99 Å². The standard InChI is InChI=1S/C15H13NO6/c1-8-16-12(15(21)22-8)5-9-2-10(6-13(17)18)4-11(3-9)7-14(19)20/h2-5H,6-7H2,1H3,(H,17,18)(H,19,20)/b12-5-. The van der Waals surface area contributed by atoms with E-state index in [9.17, 15) is 14.4 Å². The summed E-state index contributed by atoms with van der Waals surface area (Å²) >= 11 is 0. The maximum Gasteiger partial charge on any atom is 0.363 e. The fourth-order valence-electron chi connectivity index (χ4n) is 2.10. The van der Waals surface area contributed by atoms with Gasteiger partial charge in [-0.1, -0.05) is 18.2 Å². The number of carboxylic acids is 2. The van der Waals surface area contributed by atoms with Gasteiger partial charge in [0.05, 0.1) is 12.8 Å². The highest BCUT2D eigenvalue weighted by molar-refractivity contribution is 6.06. The molecule has 0 bridgehead atoms. The minimum atomic E-state index is -1.03. The molecular weight excluding hydrogens is 290 g/mol. The van der Waals surface area contributed by atoms with Crippen molar-refractivity contribution in [1.82, 2.24) is 0 Å². The first-order chi connectivity index (χ1) is 10.3. The Labute approximate surface area is 125 Å². The second kappa shape index (κ2) is 6.21. The van der Waals surface area contributed by atoms with E-state index >= 15 is 0 Å². The van der Waals surface area contributed by atoms with Crippen molar-refractivity contribution in [1.29, 1.82) is 0 Å². The third kappa shape index (κ3) is 4.02. The summed E-state index contributed by atoms with van der Waals surface area (Å²) in [5.74, 6) is -2.43. The molecule has 0 amide bonds. The van der Waals surface area contributed by atoms with Crippen LogP contribution in [0, 0.1) is 0 Å². The summed E-state index contributed by atoms with van der Waals surface area (Å²) in [5.41, 5.74) is 1.49. The maximum absolute atomic E-state index is 11.5. The average Bonchev–Trinajstić information content (AvgIpc) is 2.65. The number of cyclic esters (lactones) is 1. The average molecular weight is 303 g/mol. The number of benzene rings is 1. The second-order valence-electron chi connectivity index (χ2n) is 4.77. The molecule has 0 radical (unpaired) electrons. The summed E-state index contributed by atoms with van der Waals surface area (Å²) in [6, 6.07) is 4.66. The molecule has 1 heterocycles. The Balaban J connectivity index is 2.41. The lowest BCUT2D eigenvalue weighted by Gasteiger charge is -2.05. The Morgan fingerprint density at radius 1 is 1.14 bits per heavy atom. The van der Waals surface area contributed by atoms with Gasteiger partial charge in [0, 0.05) is 6.92 Å². The van der Waals surface area contributed by atoms with Gasteiger partial charge in [0.1, 0.15) is 0 Å². The van der Waals surface area contributed by atoms with Crippen LogP contribution in [0.15, 0.2) is 28.9 Å². The smallest absolute Gasteiger partial charge is 0.363 e. The number of carbonyl (C=O) groups excluding carboxylic acids is 1. The molecule has 7 heteroatoms. The maximum atomic E-state index is 11.5. The topological polar surface area (TPSA) is 113 Å². The van der Waals surface area contributed by atoms with Crippen molar-refractivity contribution in [2.45, 2.75) is 19.8 Å². The molecule has 0 atom stereocenters. The first-order valence-electron chi connectivity index (χ1n) is 6.39. The van der Waals surface area contributed by atoms with Crippen molar-refractivity contribution in [3.05, 3.63) is 40.6 Å². The predicted molar refractivity (Wildman–Crippen MR) is 76.3 cm³/mol. The molecule has 0 aromatic heterocycles. The van der Waals surface area contributed by atoms with Crippen LogP contribution in [0.3, 0.4) is 0 Å². The van der Waals surface area contributed by atoms with Gasteiger partial charge in [-0.05, 0) is 22.8 Å².